The van der Waals surface area contributed by atoms with Gasteiger partial charge < -0.3 is 20.1 Å². The topological polar surface area (TPSA) is 118 Å². The van der Waals surface area contributed by atoms with Crippen molar-refractivity contribution in [3.8, 4) is 11.5 Å². The van der Waals surface area contributed by atoms with Crippen LogP contribution in [0.1, 0.15) is 23.6 Å². The van der Waals surface area contributed by atoms with Crippen molar-refractivity contribution in [1.82, 2.24) is 10.7 Å². The highest BCUT2D eigenvalue weighted by Gasteiger charge is 2.12. The van der Waals surface area contributed by atoms with Gasteiger partial charge in [0.05, 0.1) is 13.3 Å². The number of nitrogens with one attached hydrogen (secondary N) is 3. The summed E-state index contributed by atoms with van der Waals surface area (Å²) in [5.41, 5.74) is 5.30. The fourth-order valence-corrected chi connectivity index (χ4v) is 3.22. The smallest absolute Gasteiger partial charge is 0.329 e. The van der Waals surface area contributed by atoms with E-state index in [1.165, 1.54) is 6.21 Å². The summed E-state index contributed by atoms with van der Waals surface area (Å²) in [6.07, 6.45) is 2.14. The van der Waals surface area contributed by atoms with Crippen molar-refractivity contribution < 1.29 is 23.9 Å². The summed E-state index contributed by atoms with van der Waals surface area (Å²) in [5, 5.41) is 9.20. The molecular weight excluding hydrogens is 460 g/mol. The van der Waals surface area contributed by atoms with Gasteiger partial charge in [-0.15, -0.1) is 0 Å². The van der Waals surface area contributed by atoms with Crippen LogP contribution in [-0.2, 0) is 27.3 Å². The van der Waals surface area contributed by atoms with Crippen molar-refractivity contribution >= 4 is 29.6 Å². The first-order valence-electron chi connectivity index (χ1n) is 11.3. The molecule has 0 atom stereocenters. The zero-order valence-electron chi connectivity index (χ0n) is 20.1. The van der Waals surface area contributed by atoms with E-state index in [-0.39, 0.29) is 19.1 Å². The second-order valence-corrected chi connectivity index (χ2v) is 7.62. The summed E-state index contributed by atoms with van der Waals surface area (Å²) < 4.78 is 10.7. The van der Waals surface area contributed by atoms with Gasteiger partial charge in [0.1, 0.15) is 11.5 Å². The SMILES string of the molecule is CCc1ccccc1NC(=O)COc1ccccc1/C=N\NC(=O)C(=O)NCc1ccc(OC)cc1. The molecule has 186 valence electrons. The molecule has 3 N–H and O–H groups in total. The molecule has 3 aromatic rings. The van der Waals surface area contributed by atoms with Crippen LogP contribution in [0, 0.1) is 0 Å². The minimum Gasteiger partial charge on any atom is -0.497 e. The number of nitrogens with zero attached hydrogens (tertiary/aromatic N) is 1. The van der Waals surface area contributed by atoms with Gasteiger partial charge in [-0.25, -0.2) is 5.43 Å². The van der Waals surface area contributed by atoms with Gasteiger partial charge in [0.2, 0.25) is 0 Å². The number of carbonyl (C=O) groups excluding carboxylic acids is 3. The lowest BCUT2D eigenvalue weighted by Gasteiger charge is -2.11. The van der Waals surface area contributed by atoms with Gasteiger partial charge in [0, 0.05) is 17.8 Å². The third-order valence-corrected chi connectivity index (χ3v) is 5.14. The van der Waals surface area contributed by atoms with E-state index in [1.807, 2.05) is 31.2 Å². The number of aryl methyl sites for hydroxylation is 1. The van der Waals surface area contributed by atoms with Crippen molar-refractivity contribution in [2.45, 2.75) is 19.9 Å². The van der Waals surface area contributed by atoms with E-state index in [0.717, 1.165) is 23.2 Å². The van der Waals surface area contributed by atoms with E-state index < -0.39 is 11.8 Å². The molecule has 0 spiro atoms. The fraction of sp³-hybridized carbons (Fsp3) is 0.185. The molecule has 36 heavy (non-hydrogen) atoms. The molecule has 0 saturated heterocycles. The first-order valence-corrected chi connectivity index (χ1v) is 11.3. The van der Waals surface area contributed by atoms with Crippen LogP contribution in [0.25, 0.3) is 0 Å². The van der Waals surface area contributed by atoms with Crippen molar-refractivity contribution in [1.29, 1.82) is 0 Å². The van der Waals surface area contributed by atoms with E-state index in [2.05, 4.69) is 21.2 Å². The van der Waals surface area contributed by atoms with E-state index >= 15 is 0 Å². The second-order valence-electron chi connectivity index (χ2n) is 7.62. The van der Waals surface area contributed by atoms with Crippen LogP contribution in [0.3, 0.4) is 0 Å². The molecular formula is C27H28N4O5. The summed E-state index contributed by atoms with van der Waals surface area (Å²) in [7, 11) is 1.57. The maximum absolute atomic E-state index is 12.4. The number of hydrogen-bond donors (Lipinski definition) is 3. The minimum absolute atomic E-state index is 0.182. The van der Waals surface area contributed by atoms with Crippen LogP contribution in [-0.4, -0.2) is 37.7 Å². The third-order valence-electron chi connectivity index (χ3n) is 5.14. The number of methoxy groups -OCH3 is 1. The molecule has 3 amide bonds. The lowest BCUT2D eigenvalue weighted by molar-refractivity contribution is -0.139. The van der Waals surface area contributed by atoms with Gasteiger partial charge in [-0.05, 0) is 47.9 Å². The molecule has 3 rings (SSSR count). The first-order chi connectivity index (χ1) is 17.5. The minimum atomic E-state index is -0.910. The molecule has 0 fully saturated rings. The van der Waals surface area contributed by atoms with Gasteiger partial charge in [0.25, 0.3) is 5.91 Å². The zero-order chi connectivity index (χ0) is 25.8. The number of para-hydroxylation sites is 2. The molecule has 3 aromatic carbocycles. The van der Waals surface area contributed by atoms with E-state index in [1.54, 1.807) is 55.6 Å². The molecule has 0 radical (unpaired) electrons. The zero-order valence-corrected chi connectivity index (χ0v) is 20.1. The number of carbonyl (C=O) groups is 3. The van der Waals surface area contributed by atoms with Gasteiger partial charge >= 0.3 is 11.8 Å². The summed E-state index contributed by atoms with van der Waals surface area (Å²) in [5.74, 6) is -0.935. The highest BCUT2D eigenvalue weighted by molar-refractivity contribution is 6.35. The lowest BCUT2D eigenvalue weighted by atomic mass is 10.1. The summed E-state index contributed by atoms with van der Waals surface area (Å²) in [6.45, 7) is 1.99. The van der Waals surface area contributed by atoms with E-state index in [4.69, 9.17) is 9.47 Å². The molecule has 0 bridgehead atoms. The number of benzene rings is 3. The number of rotatable bonds is 10. The number of hydrazone groups is 1. The van der Waals surface area contributed by atoms with Crippen LogP contribution < -0.4 is 25.5 Å². The molecule has 0 unspecified atom stereocenters. The second kappa shape index (κ2) is 13.3. The Morgan fingerprint density at radius 3 is 2.39 bits per heavy atom. The molecule has 0 aliphatic heterocycles. The monoisotopic (exact) mass is 488 g/mol. The Morgan fingerprint density at radius 2 is 1.64 bits per heavy atom. The summed E-state index contributed by atoms with van der Waals surface area (Å²) >= 11 is 0. The predicted molar refractivity (Wildman–Crippen MR) is 137 cm³/mol. The highest BCUT2D eigenvalue weighted by Crippen LogP contribution is 2.17. The van der Waals surface area contributed by atoms with E-state index in [0.29, 0.717) is 17.1 Å². The average Bonchev–Trinajstić information content (AvgIpc) is 2.91. The predicted octanol–water partition coefficient (Wildman–Crippen LogP) is 3.04. The Kier molecular flexibility index (Phi) is 9.58. The lowest BCUT2D eigenvalue weighted by Crippen LogP contribution is -2.37. The molecule has 9 nitrogen and oxygen atoms in total. The fourth-order valence-electron chi connectivity index (χ4n) is 3.22. The number of amides is 3. The molecule has 0 aliphatic carbocycles. The van der Waals surface area contributed by atoms with Crippen LogP contribution >= 0.6 is 0 Å². The Morgan fingerprint density at radius 1 is 0.917 bits per heavy atom. The highest BCUT2D eigenvalue weighted by atomic mass is 16.5. The van der Waals surface area contributed by atoms with Crippen molar-refractivity contribution in [3.63, 3.8) is 0 Å². The number of ether oxygens (including phenoxy) is 2. The summed E-state index contributed by atoms with van der Waals surface area (Å²) in [6, 6.07) is 21.6. The normalized spacial score (nSPS) is 10.5. The van der Waals surface area contributed by atoms with E-state index in [9.17, 15) is 14.4 Å². The summed E-state index contributed by atoms with van der Waals surface area (Å²) in [4.78, 5) is 36.4. The first kappa shape index (κ1) is 26.0. The van der Waals surface area contributed by atoms with Crippen LogP contribution in [0.2, 0.25) is 0 Å². The van der Waals surface area contributed by atoms with Gasteiger partial charge in [-0.3, -0.25) is 14.4 Å². The van der Waals surface area contributed by atoms with Gasteiger partial charge in [-0.2, -0.15) is 5.10 Å². The van der Waals surface area contributed by atoms with Crippen molar-refractivity contribution in [2.24, 2.45) is 5.10 Å². The largest absolute Gasteiger partial charge is 0.497 e. The average molecular weight is 489 g/mol. The Labute approximate surface area is 209 Å². The van der Waals surface area contributed by atoms with Crippen LogP contribution in [0.15, 0.2) is 77.9 Å². The van der Waals surface area contributed by atoms with Crippen LogP contribution in [0.5, 0.6) is 11.5 Å². The molecule has 0 aliphatic rings. The standard InChI is InChI=1S/C27H28N4O5/c1-3-20-8-4-6-10-23(20)30-25(32)18-36-24-11-7-5-9-21(24)17-29-31-27(34)26(33)28-16-19-12-14-22(35-2)15-13-19/h4-15,17H,3,16,18H2,1-2H3,(H,28,33)(H,30,32)(H,31,34)/b29-17-. The molecule has 9 heteroatoms. The Balaban J connectivity index is 1.49. The Bertz CT molecular complexity index is 1220. The van der Waals surface area contributed by atoms with Gasteiger partial charge in [-0.1, -0.05) is 49.4 Å². The third kappa shape index (κ3) is 7.69. The maximum Gasteiger partial charge on any atom is 0.329 e. The van der Waals surface area contributed by atoms with Crippen LogP contribution in [0.4, 0.5) is 5.69 Å². The molecule has 0 saturated carbocycles. The molecule has 0 aromatic heterocycles. The quantitative estimate of drug-likeness (QED) is 0.230. The maximum atomic E-state index is 12.4. The van der Waals surface area contributed by atoms with Gasteiger partial charge in [0.15, 0.2) is 6.61 Å². The number of anilines is 1. The van der Waals surface area contributed by atoms with Crippen molar-refractivity contribution in [2.75, 3.05) is 19.0 Å². The van der Waals surface area contributed by atoms with Crippen molar-refractivity contribution in [3.05, 3.63) is 89.5 Å². The molecule has 0 heterocycles. The number of hydrogen-bond acceptors (Lipinski definition) is 6. The Hall–Kier alpha value is -4.66.